The lowest BCUT2D eigenvalue weighted by Gasteiger charge is -2.24. The highest BCUT2D eigenvalue weighted by atomic mass is 79.9. The normalized spacial score (nSPS) is 22.9. The van der Waals surface area contributed by atoms with Crippen LogP contribution in [0.15, 0.2) is 30.3 Å². The predicted octanol–water partition coefficient (Wildman–Crippen LogP) is 4.03. The summed E-state index contributed by atoms with van der Waals surface area (Å²) < 4.78 is 5.47. The summed E-state index contributed by atoms with van der Waals surface area (Å²) in [4.78, 5) is 14.0. The number of alkyl halides is 1. The Kier molecular flexibility index (Phi) is 4.74. The van der Waals surface area contributed by atoms with E-state index in [1.165, 1.54) is 5.56 Å². The number of rotatable bonds is 2. The minimum Gasteiger partial charge on any atom is -0.444 e. The van der Waals surface area contributed by atoms with Gasteiger partial charge in [0.15, 0.2) is 0 Å². The zero-order valence-electron chi connectivity index (χ0n) is 12.3. The lowest BCUT2D eigenvalue weighted by molar-refractivity contribution is 0.0288. The van der Waals surface area contributed by atoms with E-state index in [1.54, 1.807) is 0 Å². The third kappa shape index (κ3) is 3.75. The molecule has 0 bridgehead atoms. The Balaban J connectivity index is 2.08. The van der Waals surface area contributed by atoms with Gasteiger partial charge in [0, 0.05) is 24.3 Å². The Labute approximate surface area is 129 Å². The average molecular weight is 340 g/mol. The molecule has 1 heterocycles. The van der Waals surface area contributed by atoms with Gasteiger partial charge < -0.3 is 9.64 Å². The quantitative estimate of drug-likeness (QED) is 0.761. The summed E-state index contributed by atoms with van der Waals surface area (Å²) in [5.41, 5.74) is 0.856. The van der Waals surface area contributed by atoms with Crippen molar-refractivity contribution in [1.82, 2.24) is 4.90 Å². The first kappa shape index (κ1) is 15.4. The van der Waals surface area contributed by atoms with Gasteiger partial charge in [0.2, 0.25) is 0 Å². The van der Waals surface area contributed by atoms with E-state index >= 15 is 0 Å². The molecule has 0 unspecified atom stereocenters. The Hall–Kier alpha value is -1.03. The maximum Gasteiger partial charge on any atom is 0.410 e. The van der Waals surface area contributed by atoms with Crippen molar-refractivity contribution in [3.63, 3.8) is 0 Å². The highest BCUT2D eigenvalue weighted by Crippen LogP contribution is 2.34. The van der Waals surface area contributed by atoms with Gasteiger partial charge in [-0.2, -0.15) is 0 Å². The molecule has 0 aromatic heterocycles. The molecule has 1 aliphatic heterocycles. The number of hydrogen-bond donors (Lipinski definition) is 0. The molecule has 110 valence electrons. The number of hydrogen-bond acceptors (Lipinski definition) is 2. The van der Waals surface area contributed by atoms with Gasteiger partial charge in [0.1, 0.15) is 5.60 Å². The molecule has 1 aromatic rings. The number of halogens is 1. The van der Waals surface area contributed by atoms with Gasteiger partial charge in [-0.25, -0.2) is 4.79 Å². The molecule has 2 rings (SSSR count). The predicted molar refractivity (Wildman–Crippen MR) is 84.3 cm³/mol. The summed E-state index contributed by atoms with van der Waals surface area (Å²) in [7, 11) is 0. The molecular formula is C16H22BrNO2. The number of carbonyl (C=O) groups excluding carboxylic acids is 1. The van der Waals surface area contributed by atoms with Crippen LogP contribution in [0.4, 0.5) is 4.79 Å². The van der Waals surface area contributed by atoms with Crippen LogP contribution >= 0.6 is 15.9 Å². The van der Waals surface area contributed by atoms with E-state index < -0.39 is 5.60 Å². The molecule has 20 heavy (non-hydrogen) atoms. The lowest BCUT2D eigenvalue weighted by Crippen LogP contribution is -2.35. The summed E-state index contributed by atoms with van der Waals surface area (Å²) in [6.07, 6.45) is -0.207. The van der Waals surface area contributed by atoms with Crippen molar-refractivity contribution in [3.8, 4) is 0 Å². The second-order valence-corrected chi connectivity index (χ2v) is 6.96. The highest BCUT2D eigenvalue weighted by Gasteiger charge is 2.37. The highest BCUT2D eigenvalue weighted by molar-refractivity contribution is 9.09. The molecule has 4 heteroatoms. The molecular weight excluding hydrogens is 318 g/mol. The Morgan fingerprint density at radius 2 is 1.95 bits per heavy atom. The zero-order valence-corrected chi connectivity index (χ0v) is 13.9. The van der Waals surface area contributed by atoms with Crippen molar-refractivity contribution in [2.75, 3.05) is 18.4 Å². The molecule has 0 saturated carbocycles. The zero-order chi connectivity index (χ0) is 14.8. The van der Waals surface area contributed by atoms with Gasteiger partial charge in [0.05, 0.1) is 0 Å². The Morgan fingerprint density at radius 1 is 1.30 bits per heavy atom. The van der Waals surface area contributed by atoms with Crippen LogP contribution < -0.4 is 0 Å². The molecule has 1 aliphatic rings. The van der Waals surface area contributed by atoms with Crippen molar-refractivity contribution in [3.05, 3.63) is 35.9 Å². The summed E-state index contributed by atoms with van der Waals surface area (Å²) in [6.45, 7) is 7.18. The summed E-state index contributed by atoms with van der Waals surface area (Å²) in [5.74, 6) is 0.813. The third-order valence-corrected chi connectivity index (χ3v) is 4.35. The van der Waals surface area contributed by atoms with Gasteiger partial charge >= 0.3 is 6.09 Å². The molecule has 1 amide bonds. The van der Waals surface area contributed by atoms with Crippen LogP contribution in [0.2, 0.25) is 0 Å². The molecule has 1 fully saturated rings. The van der Waals surface area contributed by atoms with E-state index in [1.807, 2.05) is 31.7 Å². The maximum atomic E-state index is 12.2. The number of carbonyl (C=O) groups is 1. The van der Waals surface area contributed by atoms with Crippen LogP contribution in [0, 0.1) is 5.92 Å². The fourth-order valence-corrected chi connectivity index (χ4v) is 3.24. The number of nitrogens with zero attached hydrogens (tertiary/aromatic N) is 1. The Morgan fingerprint density at radius 3 is 2.50 bits per heavy atom. The molecule has 3 nitrogen and oxygen atoms in total. The van der Waals surface area contributed by atoms with Crippen molar-refractivity contribution in [2.24, 2.45) is 5.92 Å². The van der Waals surface area contributed by atoms with E-state index in [-0.39, 0.29) is 6.09 Å². The minimum atomic E-state index is -0.439. The first-order valence-electron chi connectivity index (χ1n) is 6.99. The van der Waals surface area contributed by atoms with E-state index in [4.69, 9.17) is 4.74 Å². The van der Waals surface area contributed by atoms with Crippen LogP contribution in [0.5, 0.6) is 0 Å². The summed E-state index contributed by atoms with van der Waals surface area (Å²) in [5, 5.41) is 0.895. The first-order chi connectivity index (χ1) is 9.40. The van der Waals surface area contributed by atoms with Gasteiger partial charge in [-0.15, -0.1) is 0 Å². The summed E-state index contributed by atoms with van der Waals surface area (Å²) >= 11 is 3.57. The first-order valence-corrected chi connectivity index (χ1v) is 8.11. The van der Waals surface area contributed by atoms with Crippen LogP contribution in [-0.4, -0.2) is 35.0 Å². The van der Waals surface area contributed by atoms with Crippen LogP contribution in [0.3, 0.4) is 0 Å². The second kappa shape index (κ2) is 6.17. The monoisotopic (exact) mass is 339 g/mol. The van der Waals surface area contributed by atoms with Crippen molar-refractivity contribution in [2.45, 2.75) is 32.3 Å². The van der Waals surface area contributed by atoms with Crippen LogP contribution in [-0.2, 0) is 4.74 Å². The number of likely N-dealkylation sites (tertiary alicyclic amines) is 1. The molecule has 0 spiro atoms. The van der Waals surface area contributed by atoms with Crippen molar-refractivity contribution in [1.29, 1.82) is 0 Å². The topological polar surface area (TPSA) is 29.5 Å². The summed E-state index contributed by atoms with van der Waals surface area (Å²) in [6, 6.07) is 10.4. The van der Waals surface area contributed by atoms with Gasteiger partial charge in [-0.3, -0.25) is 0 Å². The minimum absolute atomic E-state index is 0.207. The lowest BCUT2D eigenvalue weighted by atomic mass is 9.90. The largest absolute Gasteiger partial charge is 0.444 e. The number of ether oxygens (including phenoxy) is 1. The van der Waals surface area contributed by atoms with Crippen molar-refractivity contribution < 1.29 is 9.53 Å². The fourth-order valence-electron chi connectivity index (χ4n) is 2.58. The SMILES string of the molecule is CC(C)(C)OC(=O)N1C[C@H](CBr)[C@@H](c2ccccc2)C1. The second-order valence-electron chi connectivity index (χ2n) is 6.32. The van der Waals surface area contributed by atoms with Crippen molar-refractivity contribution >= 4 is 22.0 Å². The smallest absolute Gasteiger partial charge is 0.410 e. The maximum absolute atomic E-state index is 12.2. The molecule has 1 saturated heterocycles. The third-order valence-electron chi connectivity index (χ3n) is 3.52. The molecule has 0 N–H and O–H groups in total. The average Bonchev–Trinajstić information content (AvgIpc) is 2.82. The molecule has 1 aromatic carbocycles. The van der Waals surface area contributed by atoms with E-state index in [0.717, 1.165) is 18.4 Å². The van der Waals surface area contributed by atoms with E-state index in [9.17, 15) is 4.79 Å². The molecule has 2 atom stereocenters. The number of amides is 1. The molecule has 0 aliphatic carbocycles. The number of benzene rings is 1. The van der Waals surface area contributed by atoms with Gasteiger partial charge in [-0.05, 0) is 32.3 Å². The molecule has 0 radical (unpaired) electrons. The Bertz CT molecular complexity index is 455. The van der Waals surface area contributed by atoms with E-state index in [0.29, 0.717) is 11.8 Å². The van der Waals surface area contributed by atoms with Crippen LogP contribution in [0.25, 0.3) is 0 Å². The van der Waals surface area contributed by atoms with Gasteiger partial charge in [0.25, 0.3) is 0 Å². The van der Waals surface area contributed by atoms with Gasteiger partial charge in [-0.1, -0.05) is 46.3 Å². The van der Waals surface area contributed by atoms with E-state index in [2.05, 4.69) is 40.2 Å². The standard InChI is InChI=1S/C16H22BrNO2/c1-16(2,3)20-15(19)18-10-13(9-17)14(11-18)12-7-5-4-6-8-12/h4-8,13-14H,9-11H2,1-3H3/t13-,14+/m0/s1. The fraction of sp³-hybridized carbons (Fsp3) is 0.562. The van der Waals surface area contributed by atoms with Crippen LogP contribution in [0.1, 0.15) is 32.3 Å².